The van der Waals surface area contributed by atoms with E-state index >= 15 is 0 Å². The molecular formula is C44H43Cl7N4O10S2. The van der Waals surface area contributed by atoms with Crippen molar-refractivity contribution in [3.8, 4) is 11.5 Å². The van der Waals surface area contributed by atoms with Gasteiger partial charge in [-0.25, -0.2) is 26.4 Å². The molecule has 0 heterocycles. The molecule has 0 aromatic heterocycles. The van der Waals surface area contributed by atoms with Gasteiger partial charge < -0.3 is 24.7 Å². The second-order valence-corrected chi connectivity index (χ2v) is 19.7. The lowest BCUT2D eigenvalue weighted by molar-refractivity contribution is 0.0513. The lowest BCUT2D eigenvalue weighted by Crippen LogP contribution is -2.15. The van der Waals surface area contributed by atoms with Crippen molar-refractivity contribution in [3.63, 3.8) is 0 Å². The highest BCUT2D eigenvalue weighted by molar-refractivity contribution is 8.13. The number of nitrogens with one attached hydrogen (secondary N) is 1. The molecule has 4 aromatic rings. The first kappa shape index (κ1) is 58.4. The number of aliphatic imine (C=N–C) groups is 2. The van der Waals surface area contributed by atoms with Gasteiger partial charge in [0.1, 0.15) is 43.9 Å². The van der Waals surface area contributed by atoms with Crippen LogP contribution >= 0.6 is 80.3 Å². The zero-order chi connectivity index (χ0) is 50.8. The van der Waals surface area contributed by atoms with Crippen LogP contribution in [-0.4, -0.2) is 68.5 Å². The van der Waals surface area contributed by atoms with Crippen LogP contribution in [0.1, 0.15) is 45.7 Å². The van der Waals surface area contributed by atoms with Crippen molar-refractivity contribution in [1.82, 2.24) is 0 Å². The number of nitrogens with two attached hydrogens (primary N) is 1. The molecule has 0 aliphatic rings. The third kappa shape index (κ3) is 19.0. The molecule has 3 N–H and O–H groups in total. The zero-order valence-corrected chi connectivity index (χ0v) is 43.4. The van der Waals surface area contributed by atoms with Crippen molar-refractivity contribution in [2.75, 3.05) is 37.8 Å². The summed E-state index contributed by atoms with van der Waals surface area (Å²) in [5, 5.41) is 1.36. The highest BCUT2D eigenvalue weighted by Gasteiger charge is 2.23. The maximum Gasteiger partial charge on any atom is 0.342 e. The number of hydrogen-bond donors (Lipinski definition) is 2. The number of nitrogen functional groups attached to an aromatic ring is 1. The number of sulfonamides is 1. The van der Waals surface area contributed by atoms with Crippen molar-refractivity contribution < 1.29 is 45.4 Å². The Labute approximate surface area is 424 Å². The second-order valence-electron chi connectivity index (χ2n) is 13.0. The number of halogens is 7. The smallest absolute Gasteiger partial charge is 0.342 e. The first-order valence-electron chi connectivity index (χ1n) is 18.9. The first-order valence-corrected chi connectivity index (χ1v) is 24.9. The number of esters is 2. The SMILES string of the molecule is C=C(/C=C(/Cl)C=NC)Oc1ccc(N)cc1C(=O)OCC.C=C(/C=C(/Cl)C=NC)Oc1ccc(NS(=O)(=O)c2cc(C)c(Cl)cc2Cl)cc1C(=O)OCC.Cc1cc(S(=O)(=O)Cl)c(Cl)cc1Cl. The largest absolute Gasteiger partial charge is 0.462 e. The Morgan fingerprint density at radius 1 is 0.672 bits per heavy atom. The normalized spacial score (nSPS) is 11.8. The molecule has 0 spiro atoms. The van der Waals surface area contributed by atoms with Gasteiger partial charge in [-0.1, -0.05) is 82.8 Å². The number of aryl methyl sites for hydroxylation is 2. The fourth-order valence-corrected chi connectivity index (χ4v) is 9.01. The Balaban J connectivity index is 0.000000385. The van der Waals surface area contributed by atoms with Crippen LogP contribution in [0.15, 0.2) is 127 Å². The first-order chi connectivity index (χ1) is 31.3. The summed E-state index contributed by atoms with van der Waals surface area (Å²) in [6, 6.07) is 14.2. The number of benzene rings is 4. The Morgan fingerprint density at radius 2 is 1.09 bits per heavy atom. The zero-order valence-electron chi connectivity index (χ0n) is 36.4. The van der Waals surface area contributed by atoms with Crippen LogP contribution in [0.5, 0.6) is 11.5 Å². The summed E-state index contributed by atoms with van der Waals surface area (Å²) in [5.74, 6) is -0.458. The minimum Gasteiger partial charge on any atom is -0.462 e. The van der Waals surface area contributed by atoms with Crippen LogP contribution in [0.4, 0.5) is 11.4 Å². The van der Waals surface area contributed by atoms with E-state index in [9.17, 15) is 26.4 Å². The van der Waals surface area contributed by atoms with Crippen LogP contribution in [0.2, 0.25) is 20.1 Å². The van der Waals surface area contributed by atoms with Gasteiger partial charge in [0.05, 0.1) is 33.3 Å². The van der Waals surface area contributed by atoms with Gasteiger partial charge in [-0.15, -0.1) is 0 Å². The molecule has 14 nitrogen and oxygen atoms in total. The van der Waals surface area contributed by atoms with E-state index in [1.54, 1.807) is 53.9 Å². The van der Waals surface area contributed by atoms with Crippen molar-refractivity contribution >= 4 is 135 Å². The average Bonchev–Trinajstić information content (AvgIpc) is 3.22. The summed E-state index contributed by atoms with van der Waals surface area (Å²) in [5.41, 5.74) is 7.56. The molecule has 4 aromatic carbocycles. The van der Waals surface area contributed by atoms with Gasteiger partial charge in [-0.05, 0) is 99.5 Å². The van der Waals surface area contributed by atoms with Gasteiger partial charge in [-0.2, -0.15) is 0 Å². The summed E-state index contributed by atoms with van der Waals surface area (Å²) < 4.78 is 71.3. The summed E-state index contributed by atoms with van der Waals surface area (Å²) >= 11 is 35.3. The van der Waals surface area contributed by atoms with Crippen molar-refractivity contribution in [2.45, 2.75) is 37.5 Å². The van der Waals surface area contributed by atoms with E-state index < -0.39 is 31.0 Å². The quantitative estimate of drug-likeness (QED) is 0.0270. The molecule has 4 rings (SSSR count). The van der Waals surface area contributed by atoms with Crippen molar-refractivity contribution in [2.24, 2.45) is 9.98 Å². The minimum absolute atomic E-state index is 0.0229. The number of allylic oxidation sites excluding steroid dienone is 4. The van der Waals surface area contributed by atoms with E-state index in [1.165, 1.54) is 73.1 Å². The van der Waals surface area contributed by atoms with Crippen LogP contribution in [0.25, 0.3) is 0 Å². The number of anilines is 2. The summed E-state index contributed by atoms with van der Waals surface area (Å²) in [6.45, 7) is 14.5. The Morgan fingerprint density at radius 3 is 1.52 bits per heavy atom. The molecule has 0 fully saturated rings. The van der Waals surface area contributed by atoms with Gasteiger partial charge in [-0.3, -0.25) is 14.7 Å². The van der Waals surface area contributed by atoms with E-state index in [-0.39, 0.29) is 72.2 Å². The molecule has 0 saturated heterocycles. The van der Waals surface area contributed by atoms with Crippen molar-refractivity contribution in [1.29, 1.82) is 0 Å². The fourth-order valence-electron chi connectivity index (χ4n) is 4.89. The molecule has 0 bridgehead atoms. The number of ether oxygens (including phenoxy) is 4. The molecule has 0 saturated carbocycles. The predicted molar refractivity (Wildman–Crippen MR) is 272 cm³/mol. The number of rotatable bonds is 16. The standard InChI is InChI=1S/C22H21Cl3N2O5S.C15H17ClN2O3.C7H5Cl3O2S/c1-5-31-22(28)17-10-16(6-7-20(17)32-14(3)9-15(23)12-26-4)27-33(29,30)21-8-13(2)18(24)11-19(21)25;1-4-20-15(19)13-8-12(17)5-6-14(13)21-10(2)7-11(16)9-18-3;1-4-2-7(13(10,11)12)6(9)3-5(4)8/h6-12,27H,3,5H2,1-2,4H3;5-9H,2,4,17H2,1,3H3;2-3H,1H3/b15-9+,26-12?;11-7+,18-9?;. The van der Waals surface area contributed by atoms with E-state index in [1.807, 2.05) is 0 Å². The summed E-state index contributed by atoms with van der Waals surface area (Å²) in [7, 11) is 0.401. The lowest BCUT2D eigenvalue weighted by Gasteiger charge is -2.15. The maximum atomic E-state index is 12.9. The van der Waals surface area contributed by atoms with Crippen LogP contribution in [-0.2, 0) is 28.5 Å². The van der Waals surface area contributed by atoms with E-state index in [0.29, 0.717) is 37.6 Å². The molecule has 23 heteroatoms. The van der Waals surface area contributed by atoms with Crippen LogP contribution in [0.3, 0.4) is 0 Å². The molecule has 360 valence electrons. The molecule has 0 aliphatic carbocycles. The average molecular weight is 1100 g/mol. The Bertz CT molecular complexity index is 2850. The summed E-state index contributed by atoms with van der Waals surface area (Å²) in [4.78, 5) is 31.6. The highest BCUT2D eigenvalue weighted by Crippen LogP contribution is 2.33. The van der Waals surface area contributed by atoms with Crippen LogP contribution < -0.4 is 19.9 Å². The van der Waals surface area contributed by atoms with Gasteiger partial charge in [0.25, 0.3) is 19.1 Å². The van der Waals surface area contributed by atoms with E-state index in [4.69, 9.17) is 105 Å². The molecule has 0 aliphatic heterocycles. The molecule has 0 atom stereocenters. The number of hydrogen-bond acceptors (Lipinski definition) is 13. The second kappa shape index (κ2) is 27.3. The molecule has 67 heavy (non-hydrogen) atoms. The molecule has 0 unspecified atom stereocenters. The van der Waals surface area contributed by atoms with E-state index in [2.05, 4.69) is 27.9 Å². The predicted octanol–water partition coefficient (Wildman–Crippen LogP) is 12.4. The third-order valence-electron chi connectivity index (χ3n) is 7.79. The number of carbonyl (C=O) groups is 2. The van der Waals surface area contributed by atoms with Gasteiger partial charge in [0.2, 0.25) is 0 Å². The van der Waals surface area contributed by atoms with Gasteiger partial charge in [0, 0.05) is 70.8 Å². The van der Waals surface area contributed by atoms with Crippen molar-refractivity contribution in [3.05, 3.63) is 150 Å². The fraction of sp³-hybridized carbons (Fsp3) is 0.182. The van der Waals surface area contributed by atoms with Gasteiger partial charge >= 0.3 is 11.9 Å². The Kier molecular flexibility index (Phi) is 23.8. The number of carbonyl (C=O) groups excluding carboxylic acids is 2. The topological polar surface area (TPSA) is 202 Å². The monoisotopic (exact) mass is 1100 g/mol. The number of nitrogens with zero attached hydrogens (tertiary/aromatic N) is 2. The molecular weight excluding hydrogens is 1060 g/mol. The molecule has 0 radical (unpaired) electrons. The van der Waals surface area contributed by atoms with E-state index in [0.717, 1.165) is 0 Å². The third-order valence-corrected chi connectivity index (χ3v) is 12.6. The van der Waals surface area contributed by atoms with Gasteiger partial charge in [0.15, 0.2) is 0 Å². The Hall–Kier alpha value is -4.75. The minimum atomic E-state index is -4.09. The highest BCUT2D eigenvalue weighted by atomic mass is 35.7. The van der Waals surface area contributed by atoms with Crippen LogP contribution in [0, 0.1) is 13.8 Å². The lowest BCUT2D eigenvalue weighted by atomic mass is 10.2. The molecule has 0 amide bonds. The summed E-state index contributed by atoms with van der Waals surface area (Å²) in [6.07, 6.45) is 5.74. The maximum absolute atomic E-state index is 12.9.